The van der Waals surface area contributed by atoms with E-state index in [-0.39, 0.29) is 0 Å². The fraction of sp³-hybridized carbons (Fsp3) is 0.621. The van der Waals surface area contributed by atoms with Crippen molar-refractivity contribution in [3.05, 3.63) is 182 Å². The molecule has 6 aromatic rings. The molecule has 7 N–H and O–H groups in total. The lowest BCUT2D eigenvalue weighted by Crippen LogP contribution is -2.56. The van der Waals surface area contributed by atoms with Crippen LogP contribution in [0.2, 0.25) is 0 Å². The first-order valence-electron chi connectivity index (χ1n) is 42.8. The van der Waals surface area contributed by atoms with E-state index >= 15 is 0 Å². The number of benzene rings is 6. The number of likely N-dealkylation sites (N-methyl/N-ethyl adjacent to an activating group) is 1. The van der Waals surface area contributed by atoms with Gasteiger partial charge in [0.2, 0.25) is 0 Å². The van der Waals surface area contributed by atoms with E-state index in [9.17, 15) is 0 Å². The quantitative estimate of drug-likeness (QED) is 0.0145. The van der Waals surface area contributed by atoms with Gasteiger partial charge in [-0.05, 0) is 240 Å². The van der Waals surface area contributed by atoms with Gasteiger partial charge in [-0.1, -0.05) is 199 Å². The zero-order valence-electron chi connectivity index (χ0n) is 75.1. The van der Waals surface area contributed by atoms with E-state index in [4.69, 9.17) is 4.74 Å². The maximum absolute atomic E-state index is 5.78. The highest BCUT2D eigenvalue weighted by Crippen LogP contribution is 2.32. The van der Waals surface area contributed by atoms with E-state index in [1.807, 2.05) is 70.6 Å². The predicted molar refractivity (Wildman–Crippen MR) is 515 cm³/mol. The number of ether oxygens (including phenoxy) is 1. The van der Waals surface area contributed by atoms with Gasteiger partial charge in [0.05, 0.1) is 13.2 Å². The standard InChI is InChI=1S/C17H30N2S.C16H28N2OS.C16H26N2S.C16H28N2S.C15H24N2S.C15H26N2S/c1-15(2)18-16(10-8-9-13-19(3)4)14-20-17-11-6-5-7-12-17;1-14(2)17-15(12-19-11-10-18(3)4)13-20-16-8-6-5-7-9-16;1-14(2)17-16(9-11-18(3)12-10-16)13-19-15-7-5-4-6-8-15;1-14(2)17-15(9-8-12-18(3)4)13-19-16-10-6-5-7-11-16;1-13(2)17-15(8-10-16-11-9-15)12-18-14-6-4-3-5-7-14;1-13(2)16-14(10-11-17(3)4)12-18-15-8-6-5-7-9-15/h5-7,11-12,15-16,18H,8-10,13-14H2,1-4H3;5-9,14-15,17H,10-13H2,1-4H3;4-8,14,17H,9-13H2,1-3H3;5-7,10-11,14-15,17H,8-9,12-13H2,1-4H3;3-7,13,16-17H,8-12H2,1-2H3;5-9,13-14,16H,10-12H2,1-4H3/t16-;15-;;15-;;14-/m11.1.1/s1. The number of nitrogens with zero attached hydrogens (tertiary/aromatic N) is 5. The SMILES string of the molecule is CC(C)NC1(CSc2ccccc2)CCN(C)CC1.CC(C)NC1(CSc2ccccc2)CCNCC1.CC(C)N[C@H](CCCCN(C)C)CSc1ccccc1.CC(C)N[C@H](CCCN(C)C)CSc1ccccc1.CC(C)N[C@H](CCN(C)C)CSc1ccccc1.CC(C)N[C@H](COCCN(C)C)CSc1ccccc1. The molecule has 0 bridgehead atoms. The van der Waals surface area contributed by atoms with Crippen LogP contribution < -0.4 is 37.2 Å². The van der Waals surface area contributed by atoms with Crippen LogP contribution in [0.25, 0.3) is 0 Å². The Morgan fingerprint density at radius 1 is 0.342 bits per heavy atom. The summed E-state index contributed by atoms with van der Waals surface area (Å²) < 4.78 is 5.78. The van der Waals surface area contributed by atoms with E-state index in [0.29, 0.717) is 71.5 Å². The molecule has 114 heavy (non-hydrogen) atoms. The smallest absolute Gasteiger partial charge is 0.0628 e. The third-order valence-corrected chi connectivity index (χ3v) is 26.1. The molecule has 0 saturated carbocycles. The molecule has 2 saturated heterocycles. The second-order valence-corrected chi connectivity index (χ2v) is 40.2. The highest BCUT2D eigenvalue weighted by Gasteiger charge is 2.35. The molecule has 644 valence electrons. The van der Waals surface area contributed by atoms with Gasteiger partial charge in [0.25, 0.3) is 0 Å². The Morgan fingerprint density at radius 3 is 0.956 bits per heavy atom. The van der Waals surface area contributed by atoms with E-state index in [0.717, 1.165) is 68.2 Å². The highest BCUT2D eigenvalue weighted by molar-refractivity contribution is 8.00. The number of rotatable bonds is 47. The molecule has 0 unspecified atom stereocenters. The average Bonchev–Trinajstić information content (AvgIpc) is 0.840. The fourth-order valence-electron chi connectivity index (χ4n) is 13.2. The Hall–Kier alpha value is -3.10. The van der Waals surface area contributed by atoms with E-state index in [1.54, 1.807) is 0 Å². The molecule has 2 heterocycles. The van der Waals surface area contributed by atoms with Gasteiger partial charge in [0.1, 0.15) is 0 Å². The normalized spacial score (nSPS) is 15.2. The van der Waals surface area contributed by atoms with Gasteiger partial charge in [-0.3, -0.25) is 0 Å². The first kappa shape index (κ1) is 105. The van der Waals surface area contributed by atoms with Gasteiger partial charge in [-0.15, -0.1) is 70.6 Å². The third-order valence-electron chi connectivity index (χ3n) is 18.8. The molecule has 19 heteroatoms. The van der Waals surface area contributed by atoms with Crippen molar-refractivity contribution < 1.29 is 4.74 Å². The number of likely N-dealkylation sites (tertiary alicyclic amines) is 1. The summed E-state index contributed by atoms with van der Waals surface area (Å²) in [5, 5.41) is 25.7. The molecule has 2 aliphatic rings. The minimum Gasteiger partial charge on any atom is -0.378 e. The van der Waals surface area contributed by atoms with E-state index in [2.05, 4.69) is 390 Å². The van der Waals surface area contributed by atoms with Gasteiger partial charge in [0.15, 0.2) is 0 Å². The molecule has 2 aliphatic heterocycles. The summed E-state index contributed by atoms with van der Waals surface area (Å²) in [7, 11) is 19.2. The van der Waals surface area contributed by atoms with Crippen LogP contribution in [-0.2, 0) is 4.74 Å². The van der Waals surface area contributed by atoms with Crippen LogP contribution in [0.15, 0.2) is 211 Å². The topological polar surface area (TPSA) is 110 Å². The van der Waals surface area contributed by atoms with Crippen LogP contribution in [-0.4, -0.2) is 260 Å². The lowest BCUT2D eigenvalue weighted by molar-refractivity contribution is 0.101. The van der Waals surface area contributed by atoms with Crippen molar-refractivity contribution in [2.24, 2.45) is 0 Å². The van der Waals surface area contributed by atoms with Crippen molar-refractivity contribution in [3.8, 4) is 0 Å². The Bertz CT molecular complexity index is 3050. The third kappa shape index (κ3) is 56.4. The number of piperidine rings is 2. The molecule has 0 amide bonds. The molecule has 0 radical (unpaired) electrons. The van der Waals surface area contributed by atoms with Crippen LogP contribution in [0.1, 0.15) is 147 Å². The van der Waals surface area contributed by atoms with Gasteiger partial charge < -0.3 is 66.5 Å². The van der Waals surface area contributed by atoms with Crippen LogP contribution in [0, 0.1) is 0 Å². The van der Waals surface area contributed by atoms with Crippen LogP contribution in [0.4, 0.5) is 0 Å². The number of hydrogen-bond acceptors (Lipinski definition) is 19. The van der Waals surface area contributed by atoms with Crippen LogP contribution >= 0.6 is 70.6 Å². The molecule has 8 rings (SSSR count). The Balaban J connectivity index is 0.000000354. The number of thioether (sulfide) groups is 6. The average molecular weight is 1680 g/mol. The number of hydrogen-bond donors (Lipinski definition) is 7. The first-order valence-corrected chi connectivity index (χ1v) is 48.7. The van der Waals surface area contributed by atoms with Gasteiger partial charge in [0, 0.05) is 142 Å². The van der Waals surface area contributed by atoms with Gasteiger partial charge in [-0.25, -0.2) is 0 Å². The molecule has 0 aliphatic carbocycles. The molecule has 13 nitrogen and oxygen atoms in total. The largest absolute Gasteiger partial charge is 0.378 e. The summed E-state index contributed by atoms with van der Waals surface area (Å²) in [6.45, 7) is 37.4. The summed E-state index contributed by atoms with van der Waals surface area (Å²) in [6, 6.07) is 69.5. The number of unbranched alkanes of at least 4 members (excludes halogenated alkanes) is 1. The van der Waals surface area contributed by atoms with Crippen molar-refractivity contribution in [2.75, 3.05) is 164 Å². The van der Waals surface area contributed by atoms with Crippen molar-refractivity contribution >= 4 is 70.6 Å². The Labute approximate surface area is 725 Å². The molecule has 6 aromatic carbocycles. The van der Waals surface area contributed by atoms with Crippen molar-refractivity contribution in [1.82, 2.24) is 61.7 Å². The summed E-state index contributed by atoms with van der Waals surface area (Å²) in [4.78, 5) is 19.5. The van der Waals surface area contributed by atoms with Crippen molar-refractivity contribution in [3.63, 3.8) is 0 Å². The van der Waals surface area contributed by atoms with Crippen LogP contribution in [0.3, 0.4) is 0 Å². The molecular formula is C95H162N12OS6. The van der Waals surface area contributed by atoms with Crippen molar-refractivity contribution in [2.45, 2.75) is 248 Å². The summed E-state index contributed by atoms with van der Waals surface area (Å²) in [5.74, 6) is 6.81. The van der Waals surface area contributed by atoms with E-state index < -0.39 is 0 Å². The lowest BCUT2D eigenvalue weighted by Gasteiger charge is -2.42. The second kappa shape index (κ2) is 64.7. The monoisotopic (exact) mass is 1680 g/mol. The zero-order valence-corrected chi connectivity index (χ0v) is 80.0. The summed E-state index contributed by atoms with van der Waals surface area (Å²) >= 11 is 11.7. The lowest BCUT2D eigenvalue weighted by atomic mass is 9.89. The van der Waals surface area contributed by atoms with Crippen LogP contribution in [0.5, 0.6) is 0 Å². The molecule has 4 atom stereocenters. The van der Waals surface area contributed by atoms with Gasteiger partial charge in [-0.2, -0.15) is 0 Å². The fourth-order valence-corrected chi connectivity index (χ4v) is 19.5. The summed E-state index contributed by atoms with van der Waals surface area (Å²) in [5.41, 5.74) is 0.612. The Morgan fingerprint density at radius 2 is 0.632 bits per heavy atom. The highest BCUT2D eigenvalue weighted by atomic mass is 32.2. The maximum atomic E-state index is 5.78. The Kier molecular flexibility index (Phi) is 59.7. The number of nitrogens with one attached hydrogen (secondary N) is 7. The molecular weight excluding hydrogens is 1520 g/mol. The molecule has 2 fully saturated rings. The van der Waals surface area contributed by atoms with Crippen molar-refractivity contribution in [1.29, 1.82) is 0 Å². The summed E-state index contributed by atoms with van der Waals surface area (Å²) in [6.07, 6.45) is 12.5. The second-order valence-electron chi connectivity index (χ2n) is 33.7. The molecule has 0 spiro atoms. The minimum absolute atomic E-state index is 0.305. The first-order chi connectivity index (χ1) is 54.6. The van der Waals surface area contributed by atoms with Gasteiger partial charge >= 0.3 is 0 Å². The molecule has 0 aromatic heterocycles. The minimum atomic E-state index is 0.305. The maximum Gasteiger partial charge on any atom is 0.0628 e. The van der Waals surface area contributed by atoms with E-state index in [1.165, 1.54) is 126 Å². The predicted octanol–water partition coefficient (Wildman–Crippen LogP) is 19.3. The zero-order chi connectivity index (χ0) is 83.6.